The first kappa shape index (κ1) is 34.2. The Hall–Kier alpha value is -2.86. The number of unbranched alkanes of at least 4 members (excludes halogenated alkanes) is 1. The largest absolute Gasteiger partial charge is 0.497 e. The van der Waals surface area contributed by atoms with Gasteiger partial charge in [-0.05, 0) is 63.6 Å². The molecule has 0 saturated carbocycles. The highest BCUT2D eigenvalue weighted by Gasteiger charge is 2.45. The lowest BCUT2D eigenvalue weighted by atomic mass is 9.83. The number of rotatable bonds is 14. The van der Waals surface area contributed by atoms with Gasteiger partial charge in [0.05, 0.1) is 13.2 Å². The molecule has 0 aliphatic carbocycles. The summed E-state index contributed by atoms with van der Waals surface area (Å²) in [7, 11) is 1.45. The van der Waals surface area contributed by atoms with Gasteiger partial charge in [-0.25, -0.2) is 4.79 Å². The first-order valence-electron chi connectivity index (χ1n) is 12.9. The van der Waals surface area contributed by atoms with Crippen molar-refractivity contribution in [2.75, 3.05) is 13.7 Å². The molecule has 1 aromatic rings. The zero-order chi connectivity index (χ0) is 30.0. The molecule has 9 nitrogen and oxygen atoms in total. The number of aliphatic hydroxyl groups excluding tert-OH is 1. The van der Waals surface area contributed by atoms with E-state index < -0.39 is 66.0 Å². The molecule has 4 atom stereocenters. The van der Waals surface area contributed by atoms with Crippen LogP contribution in [0, 0.1) is 11.8 Å². The molecule has 0 unspecified atom stereocenters. The highest BCUT2D eigenvalue weighted by Crippen LogP contribution is 2.33. The standard InChI is InChI=1S/C27H42F3N3O6/c1-16(2)19(23(35)27(28,29)30)15-21(34)22(17-10-12-18(38-6)13-11-17)33-24(36)20(31)9-7-8-14-32-25(37)39-26(3,4)5/h10-13,16,19-20,22-23,35H,7-9,14-15,31H2,1-6H3,(H,32,37)(H,33,36)/t19-,20-,22-,23-/m0/s1. The van der Waals surface area contributed by atoms with Crippen molar-refractivity contribution in [3.8, 4) is 5.75 Å². The Morgan fingerprint density at radius 2 is 1.64 bits per heavy atom. The molecule has 222 valence electrons. The van der Waals surface area contributed by atoms with Crippen molar-refractivity contribution < 1.29 is 42.1 Å². The number of carbonyl (C=O) groups is 3. The molecule has 1 rings (SSSR count). The van der Waals surface area contributed by atoms with Gasteiger partial charge in [0.25, 0.3) is 0 Å². The molecule has 0 radical (unpaired) electrons. The van der Waals surface area contributed by atoms with Crippen LogP contribution in [0.2, 0.25) is 0 Å². The van der Waals surface area contributed by atoms with Gasteiger partial charge in [0.1, 0.15) is 17.4 Å². The number of alkyl carbamates (subject to hydrolysis) is 1. The maximum absolute atomic E-state index is 13.2. The lowest BCUT2D eigenvalue weighted by molar-refractivity contribution is -0.224. The number of nitrogens with two attached hydrogens (primary N) is 1. The maximum Gasteiger partial charge on any atom is 0.414 e. The third kappa shape index (κ3) is 12.2. The quantitative estimate of drug-likeness (QED) is 0.252. The Balaban J connectivity index is 2.89. The van der Waals surface area contributed by atoms with Crippen LogP contribution in [-0.2, 0) is 14.3 Å². The summed E-state index contributed by atoms with van der Waals surface area (Å²) in [5.74, 6) is -2.91. The summed E-state index contributed by atoms with van der Waals surface area (Å²) in [6.45, 7) is 8.53. The number of aliphatic hydroxyl groups is 1. The van der Waals surface area contributed by atoms with E-state index >= 15 is 0 Å². The summed E-state index contributed by atoms with van der Waals surface area (Å²) < 4.78 is 50.0. The monoisotopic (exact) mass is 561 g/mol. The first-order valence-corrected chi connectivity index (χ1v) is 12.9. The fraction of sp³-hybridized carbons (Fsp3) is 0.667. The van der Waals surface area contributed by atoms with Crippen molar-refractivity contribution >= 4 is 17.8 Å². The minimum absolute atomic E-state index is 0.243. The van der Waals surface area contributed by atoms with Gasteiger partial charge in [-0.3, -0.25) is 9.59 Å². The van der Waals surface area contributed by atoms with E-state index in [1.807, 2.05) is 0 Å². The van der Waals surface area contributed by atoms with Crippen molar-refractivity contribution in [3.63, 3.8) is 0 Å². The number of Topliss-reactive ketones (excluding diaryl/α,β-unsaturated/α-hetero) is 1. The van der Waals surface area contributed by atoms with E-state index in [0.717, 1.165) is 0 Å². The number of ketones is 1. The molecule has 12 heteroatoms. The molecule has 0 aliphatic heterocycles. The van der Waals surface area contributed by atoms with Crippen LogP contribution < -0.4 is 21.1 Å². The number of halogens is 3. The predicted molar refractivity (Wildman–Crippen MR) is 140 cm³/mol. The average Bonchev–Trinajstić information content (AvgIpc) is 2.82. The number of alkyl halides is 3. The van der Waals surface area contributed by atoms with Crippen molar-refractivity contribution in [2.24, 2.45) is 17.6 Å². The molecular formula is C27H42F3N3O6. The fourth-order valence-electron chi connectivity index (χ4n) is 3.83. The number of hydrogen-bond donors (Lipinski definition) is 4. The average molecular weight is 562 g/mol. The lowest BCUT2D eigenvalue weighted by Crippen LogP contribution is -2.46. The van der Waals surface area contributed by atoms with Crippen LogP contribution in [0.4, 0.5) is 18.0 Å². The Morgan fingerprint density at radius 1 is 1.05 bits per heavy atom. The molecule has 5 N–H and O–H groups in total. The number of nitrogens with one attached hydrogen (secondary N) is 2. The SMILES string of the molecule is COc1ccc([C@H](NC(=O)[C@@H](N)CCCCNC(=O)OC(C)(C)C)C(=O)C[C@@H](C(C)C)[C@H](O)C(F)(F)F)cc1. The molecule has 1 aromatic carbocycles. The highest BCUT2D eigenvalue weighted by molar-refractivity contribution is 5.91. The molecule has 0 fully saturated rings. The van der Waals surface area contributed by atoms with Gasteiger partial charge in [0.2, 0.25) is 5.91 Å². The number of carbonyl (C=O) groups excluding carboxylic acids is 3. The molecule has 0 bridgehead atoms. The molecule has 0 aliphatic rings. The third-order valence-electron chi connectivity index (χ3n) is 6.04. The van der Waals surface area contributed by atoms with Crippen LogP contribution >= 0.6 is 0 Å². The second-order valence-electron chi connectivity index (χ2n) is 10.8. The number of hydrogen-bond acceptors (Lipinski definition) is 7. The number of amides is 2. The van der Waals surface area contributed by atoms with Crippen molar-refractivity contribution in [3.05, 3.63) is 29.8 Å². The normalized spacial score (nSPS) is 15.2. The van der Waals surface area contributed by atoms with Gasteiger partial charge >= 0.3 is 12.3 Å². The van der Waals surface area contributed by atoms with Crippen LogP contribution in [0.5, 0.6) is 5.75 Å². The van der Waals surface area contributed by atoms with E-state index in [1.165, 1.54) is 33.1 Å². The third-order valence-corrected chi connectivity index (χ3v) is 6.04. The lowest BCUT2D eigenvalue weighted by Gasteiger charge is -2.29. The highest BCUT2D eigenvalue weighted by atomic mass is 19.4. The number of methoxy groups -OCH3 is 1. The second-order valence-corrected chi connectivity index (χ2v) is 10.8. The Morgan fingerprint density at radius 3 is 2.13 bits per heavy atom. The number of benzene rings is 1. The summed E-state index contributed by atoms with van der Waals surface area (Å²) in [6, 6.07) is 3.90. The van der Waals surface area contributed by atoms with Crippen LogP contribution in [0.25, 0.3) is 0 Å². The first-order chi connectivity index (χ1) is 18.0. The zero-order valence-electron chi connectivity index (χ0n) is 23.4. The van der Waals surface area contributed by atoms with Gasteiger partial charge < -0.3 is 30.9 Å². The fourth-order valence-corrected chi connectivity index (χ4v) is 3.83. The molecule has 0 saturated heterocycles. The summed E-state index contributed by atoms with van der Waals surface area (Å²) >= 11 is 0. The molecule has 0 heterocycles. The summed E-state index contributed by atoms with van der Waals surface area (Å²) in [4.78, 5) is 37.8. The van der Waals surface area contributed by atoms with E-state index in [1.54, 1.807) is 32.9 Å². The molecule has 0 spiro atoms. The minimum atomic E-state index is -4.89. The summed E-state index contributed by atoms with van der Waals surface area (Å²) in [5, 5.41) is 15.0. The smallest absolute Gasteiger partial charge is 0.414 e. The van der Waals surface area contributed by atoms with Crippen LogP contribution in [0.3, 0.4) is 0 Å². The van der Waals surface area contributed by atoms with E-state index in [9.17, 15) is 32.7 Å². The van der Waals surface area contributed by atoms with E-state index in [0.29, 0.717) is 30.7 Å². The van der Waals surface area contributed by atoms with Crippen LogP contribution in [-0.4, -0.2) is 60.5 Å². The van der Waals surface area contributed by atoms with Gasteiger partial charge in [-0.15, -0.1) is 0 Å². The van der Waals surface area contributed by atoms with Gasteiger partial charge in [-0.1, -0.05) is 26.0 Å². The molecule has 39 heavy (non-hydrogen) atoms. The molecule has 0 aromatic heterocycles. The Bertz CT molecular complexity index is 932. The van der Waals surface area contributed by atoms with Crippen molar-refractivity contribution in [1.82, 2.24) is 10.6 Å². The predicted octanol–water partition coefficient (Wildman–Crippen LogP) is 4.03. The zero-order valence-corrected chi connectivity index (χ0v) is 23.4. The van der Waals surface area contributed by atoms with E-state index in [4.69, 9.17) is 15.2 Å². The summed E-state index contributed by atoms with van der Waals surface area (Å²) in [5.41, 5.74) is 5.74. The van der Waals surface area contributed by atoms with Gasteiger partial charge in [0, 0.05) is 18.9 Å². The van der Waals surface area contributed by atoms with Gasteiger partial charge in [-0.2, -0.15) is 13.2 Å². The van der Waals surface area contributed by atoms with Crippen LogP contribution in [0.1, 0.15) is 71.9 Å². The number of ether oxygens (including phenoxy) is 2. The summed E-state index contributed by atoms with van der Waals surface area (Å²) in [6.07, 6.45) is -7.50. The maximum atomic E-state index is 13.2. The molecular weight excluding hydrogens is 519 g/mol. The minimum Gasteiger partial charge on any atom is -0.497 e. The Labute approximate surface area is 228 Å². The topological polar surface area (TPSA) is 140 Å². The Kier molecular flexibility index (Phi) is 13.2. The van der Waals surface area contributed by atoms with E-state index in [-0.39, 0.29) is 6.42 Å². The second kappa shape index (κ2) is 15.1. The van der Waals surface area contributed by atoms with Crippen LogP contribution in [0.15, 0.2) is 24.3 Å². The van der Waals surface area contributed by atoms with E-state index in [2.05, 4.69) is 10.6 Å². The van der Waals surface area contributed by atoms with Gasteiger partial charge in [0.15, 0.2) is 11.9 Å². The van der Waals surface area contributed by atoms with Crippen molar-refractivity contribution in [2.45, 2.75) is 90.3 Å². The molecule has 2 amide bonds. The van der Waals surface area contributed by atoms with Crippen molar-refractivity contribution in [1.29, 1.82) is 0 Å².